The lowest BCUT2D eigenvalue weighted by Crippen LogP contribution is -2.41. The molecule has 12 heteroatoms. The maximum Gasteiger partial charge on any atom is 0.264 e. The molecule has 1 fully saturated rings. The zero-order chi connectivity index (χ0) is 27.5. The van der Waals surface area contributed by atoms with Gasteiger partial charge in [0.05, 0.1) is 16.7 Å². The number of fused-ring (bicyclic) bond motifs is 1. The molecular formula is C26H32FN3O6S2. The van der Waals surface area contributed by atoms with Gasteiger partial charge in [0.2, 0.25) is 15.9 Å². The van der Waals surface area contributed by atoms with Gasteiger partial charge in [0.25, 0.3) is 10.1 Å². The van der Waals surface area contributed by atoms with Gasteiger partial charge in [-0.1, -0.05) is 18.2 Å². The Kier molecular flexibility index (Phi) is 8.55. The van der Waals surface area contributed by atoms with E-state index >= 15 is 0 Å². The number of aromatic nitrogens is 1. The quantitative estimate of drug-likeness (QED) is 0.275. The van der Waals surface area contributed by atoms with E-state index in [4.69, 9.17) is 4.55 Å². The van der Waals surface area contributed by atoms with Crippen LogP contribution >= 0.6 is 0 Å². The standard InChI is InChI=1S/C26H32FN3O6S2/c1-17(18-4-9-21(27)10-5-18)28-26(31)19-6-11-22(12-7-19)30-38(35,36)24-13-8-20-15-23(29-25(20)16-24)3-2-14-37(32,33)34/h4-5,8-10,13,15-17,19,22,29-30H,2-3,6-7,11-12,14H2,1H3,(H,28,31)(H,32,33,34)/t17-,19?,22?/m1/s1. The van der Waals surface area contributed by atoms with Gasteiger partial charge in [0.1, 0.15) is 5.82 Å². The summed E-state index contributed by atoms with van der Waals surface area (Å²) in [7, 11) is -7.81. The summed E-state index contributed by atoms with van der Waals surface area (Å²) in [4.78, 5) is 16.0. The number of carbonyl (C=O) groups excluding carboxylic acids is 1. The zero-order valence-electron chi connectivity index (χ0n) is 21.0. The fourth-order valence-corrected chi connectivity index (χ4v) is 6.68. The van der Waals surface area contributed by atoms with Crippen LogP contribution in [0.5, 0.6) is 0 Å². The van der Waals surface area contributed by atoms with Crippen LogP contribution in [0.25, 0.3) is 10.9 Å². The SMILES string of the molecule is C[C@@H](NC(=O)C1CCC(NS(=O)(=O)c2ccc3cc(CCCS(=O)(=O)O)[nH]c3c2)CC1)c1ccc(F)cc1. The Hall–Kier alpha value is -2.80. The molecule has 1 heterocycles. The molecule has 206 valence electrons. The molecule has 9 nitrogen and oxygen atoms in total. The first-order chi connectivity index (χ1) is 17.9. The van der Waals surface area contributed by atoms with Crippen LogP contribution < -0.4 is 10.0 Å². The molecule has 38 heavy (non-hydrogen) atoms. The number of H-pyrrole nitrogens is 1. The third kappa shape index (κ3) is 7.40. The third-order valence-electron chi connectivity index (χ3n) is 6.96. The van der Waals surface area contributed by atoms with Crippen molar-refractivity contribution >= 4 is 37.0 Å². The van der Waals surface area contributed by atoms with Crippen LogP contribution in [0.4, 0.5) is 4.39 Å². The molecule has 1 saturated carbocycles. The Morgan fingerprint density at radius 3 is 2.39 bits per heavy atom. The van der Waals surface area contributed by atoms with Gasteiger partial charge in [0, 0.05) is 23.2 Å². The predicted octanol–water partition coefficient (Wildman–Crippen LogP) is 3.84. The first-order valence-corrected chi connectivity index (χ1v) is 15.6. The summed E-state index contributed by atoms with van der Waals surface area (Å²) in [5.74, 6) is -0.983. The van der Waals surface area contributed by atoms with Crippen LogP contribution in [0.2, 0.25) is 0 Å². The van der Waals surface area contributed by atoms with E-state index in [1.165, 1.54) is 18.2 Å². The predicted molar refractivity (Wildman–Crippen MR) is 142 cm³/mol. The smallest absolute Gasteiger partial charge is 0.264 e. The number of aromatic amines is 1. The second kappa shape index (κ2) is 11.5. The third-order valence-corrected chi connectivity index (χ3v) is 9.28. The van der Waals surface area contributed by atoms with E-state index in [9.17, 15) is 26.0 Å². The van der Waals surface area contributed by atoms with Gasteiger partial charge in [-0.05, 0) is 86.7 Å². The van der Waals surface area contributed by atoms with Crippen LogP contribution in [0.1, 0.15) is 56.3 Å². The van der Waals surface area contributed by atoms with Gasteiger partial charge in [-0.15, -0.1) is 0 Å². The Labute approximate surface area is 222 Å². The fourth-order valence-electron chi connectivity index (χ4n) is 4.84. The molecule has 1 aliphatic rings. The monoisotopic (exact) mass is 565 g/mol. The molecule has 1 atom stereocenters. The first-order valence-electron chi connectivity index (χ1n) is 12.5. The molecule has 1 aromatic heterocycles. The average molecular weight is 566 g/mol. The molecule has 0 radical (unpaired) electrons. The number of nitrogens with one attached hydrogen (secondary N) is 3. The van der Waals surface area contributed by atoms with Crippen LogP contribution in [-0.2, 0) is 31.4 Å². The highest BCUT2D eigenvalue weighted by atomic mass is 32.2. The summed E-state index contributed by atoms with van der Waals surface area (Å²) in [6, 6.07) is 12.0. The minimum atomic E-state index is -4.03. The van der Waals surface area contributed by atoms with Gasteiger partial charge in [-0.25, -0.2) is 17.5 Å². The van der Waals surface area contributed by atoms with Gasteiger partial charge < -0.3 is 10.3 Å². The minimum Gasteiger partial charge on any atom is -0.358 e. The molecule has 0 unspecified atom stereocenters. The summed E-state index contributed by atoms with van der Waals surface area (Å²) >= 11 is 0. The Morgan fingerprint density at radius 1 is 1.05 bits per heavy atom. The summed E-state index contributed by atoms with van der Waals surface area (Å²) in [6.07, 6.45) is 2.81. The van der Waals surface area contributed by atoms with Crippen LogP contribution in [-0.4, -0.2) is 44.1 Å². The van der Waals surface area contributed by atoms with Crippen molar-refractivity contribution in [1.82, 2.24) is 15.0 Å². The second-order valence-electron chi connectivity index (χ2n) is 9.88. The van der Waals surface area contributed by atoms with Crippen molar-refractivity contribution in [2.45, 2.75) is 62.4 Å². The number of hydrogen-bond acceptors (Lipinski definition) is 5. The van der Waals surface area contributed by atoms with Crippen LogP contribution in [0.15, 0.2) is 53.4 Å². The average Bonchev–Trinajstić information content (AvgIpc) is 3.26. The number of hydrogen-bond donors (Lipinski definition) is 4. The lowest BCUT2D eigenvalue weighted by molar-refractivity contribution is -0.126. The first kappa shape index (κ1) is 28.2. The molecular weight excluding hydrogens is 533 g/mol. The van der Waals surface area contributed by atoms with Crippen molar-refractivity contribution in [3.05, 3.63) is 65.6 Å². The number of aryl methyl sites for hydroxylation is 1. The van der Waals surface area contributed by atoms with E-state index in [2.05, 4.69) is 15.0 Å². The molecule has 0 bridgehead atoms. The van der Waals surface area contributed by atoms with E-state index in [1.54, 1.807) is 24.3 Å². The van der Waals surface area contributed by atoms with Crippen molar-refractivity contribution in [3.63, 3.8) is 0 Å². The van der Waals surface area contributed by atoms with Gasteiger partial charge in [-0.2, -0.15) is 8.42 Å². The minimum absolute atomic E-state index is 0.0901. The second-order valence-corrected chi connectivity index (χ2v) is 13.2. The Bertz CT molecular complexity index is 1500. The summed E-state index contributed by atoms with van der Waals surface area (Å²) < 4.78 is 72.7. The summed E-state index contributed by atoms with van der Waals surface area (Å²) in [6.45, 7) is 1.84. The highest BCUT2D eigenvalue weighted by molar-refractivity contribution is 7.89. The lowest BCUT2D eigenvalue weighted by atomic mass is 9.85. The molecule has 4 N–H and O–H groups in total. The van der Waals surface area contributed by atoms with E-state index in [0.717, 1.165) is 16.6 Å². The Morgan fingerprint density at radius 2 is 1.74 bits per heavy atom. The molecule has 0 saturated heterocycles. The Balaban J connectivity index is 1.31. The van der Waals surface area contributed by atoms with Crippen molar-refractivity contribution in [2.75, 3.05) is 5.75 Å². The number of rotatable bonds is 10. The van der Waals surface area contributed by atoms with Crippen molar-refractivity contribution in [1.29, 1.82) is 0 Å². The molecule has 1 amide bonds. The van der Waals surface area contributed by atoms with E-state index in [-0.39, 0.29) is 46.8 Å². The molecule has 0 aliphatic heterocycles. The fraction of sp³-hybridized carbons (Fsp3) is 0.423. The topological polar surface area (TPSA) is 145 Å². The van der Waals surface area contributed by atoms with Gasteiger partial charge in [-0.3, -0.25) is 9.35 Å². The molecule has 0 spiro atoms. The maximum absolute atomic E-state index is 13.1. The zero-order valence-corrected chi connectivity index (χ0v) is 22.6. The van der Waals surface area contributed by atoms with Crippen LogP contribution in [0, 0.1) is 11.7 Å². The molecule has 3 aromatic rings. The largest absolute Gasteiger partial charge is 0.358 e. The lowest BCUT2D eigenvalue weighted by Gasteiger charge is -2.29. The summed E-state index contributed by atoms with van der Waals surface area (Å²) in [5, 5.41) is 3.77. The number of benzene rings is 2. The summed E-state index contributed by atoms with van der Waals surface area (Å²) in [5.41, 5.74) is 2.17. The maximum atomic E-state index is 13.1. The molecule has 1 aliphatic carbocycles. The van der Waals surface area contributed by atoms with E-state index in [0.29, 0.717) is 37.6 Å². The molecule has 2 aromatic carbocycles. The number of halogens is 1. The van der Waals surface area contributed by atoms with Crippen LogP contribution in [0.3, 0.4) is 0 Å². The van der Waals surface area contributed by atoms with Gasteiger partial charge >= 0.3 is 0 Å². The van der Waals surface area contributed by atoms with Crippen molar-refractivity contribution < 1.29 is 30.6 Å². The van der Waals surface area contributed by atoms with Crippen molar-refractivity contribution in [3.8, 4) is 0 Å². The highest BCUT2D eigenvalue weighted by Gasteiger charge is 2.30. The molecule has 4 rings (SSSR count). The highest BCUT2D eigenvalue weighted by Crippen LogP contribution is 2.27. The normalized spacial score (nSPS) is 19.3. The van der Waals surface area contributed by atoms with E-state index < -0.39 is 20.1 Å². The van der Waals surface area contributed by atoms with E-state index in [1.807, 2.05) is 13.0 Å². The number of amides is 1. The van der Waals surface area contributed by atoms with Gasteiger partial charge in [0.15, 0.2) is 0 Å². The van der Waals surface area contributed by atoms with Crippen molar-refractivity contribution in [2.24, 2.45) is 5.92 Å². The number of sulfonamides is 1. The number of carbonyl (C=O) groups is 1.